The summed E-state index contributed by atoms with van der Waals surface area (Å²) in [5.74, 6) is 1.48. The lowest BCUT2D eigenvalue weighted by molar-refractivity contribution is -0.153. The van der Waals surface area contributed by atoms with Gasteiger partial charge in [-0.3, -0.25) is 0 Å². The molecule has 1 aromatic carbocycles. The molecule has 1 unspecified atom stereocenters. The van der Waals surface area contributed by atoms with Gasteiger partial charge in [-0.1, -0.05) is 0 Å². The molecule has 2 fully saturated rings. The molecule has 2 atom stereocenters. The fraction of sp³-hybridized carbons (Fsp3) is 0.647. The third-order valence-electron chi connectivity index (χ3n) is 4.68. The molecule has 0 radical (unpaired) electrons. The molecule has 1 heterocycles. The highest BCUT2D eigenvalue weighted by Gasteiger charge is 2.43. The Hall–Kier alpha value is -1.26. The van der Waals surface area contributed by atoms with Crippen molar-refractivity contribution in [3.63, 3.8) is 0 Å². The second-order valence-corrected chi connectivity index (χ2v) is 6.20. The third-order valence-corrected chi connectivity index (χ3v) is 4.68. The van der Waals surface area contributed by atoms with E-state index in [4.69, 9.17) is 14.2 Å². The van der Waals surface area contributed by atoms with Gasteiger partial charge in [-0.05, 0) is 38.3 Å². The molecule has 1 spiro atoms. The maximum absolute atomic E-state index is 9.91. The molecule has 1 aliphatic heterocycles. The van der Waals surface area contributed by atoms with Crippen LogP contribution in [0.5, 0.6) is 11.5 Å². The van der Waals surface area contributed by atoms with E-state index in [0.29, 0.717) is 0 Å². The van der Waals surface area contributed by atoms with E-state index in [0.717, 1.165) is 49.4 Å². The van der Waals surface area contributed by atoms with Crippen molar-refractivity contribution in [2.45, 2.75) is 56.8 Å². The smallest absolute Gasteiger partial charge is 0.129 e. The first-order valence-corrected chi connectivity index (χ1v) is 7.78. The number of aliphatic hydroxyl groups is 1. The van der Waals surface area contributed by atoms with Crippen molar-refractivity contribution < 1.29 is 19.3 Å². The Labute approximate surface area is 126 Å². The molecule has 1 N–H and O–H groups in total. The molecule has 21 heavy (non-hydrogen) atoms. The average molecular weight is 292 g/mol. The Balaban J connectivity index is 1.76. The van der Waals surface area contributed by atoms with Crippen molar-refractivity contribution in [3.05, 3.63) is 23.8 Å². The van der Waals surface area contributed by atoms with Crippen LogP contribution in [0, 0.1) is 0 Å². The minimum atomic E-state index is -0.552. The van der Waals surface area contributed by atoms with Crippen LogP contribution in [0.4, 0.5) is 0 Å². The predicted molar refractivity (Wildman–Crippen MR) is 79.8 cm³/mol. The lowest BCUT2D eigenvalue weighted by Crippen LogP contribution is -2.48. The quantitative estimate of drug-likeness (QED) is 0.925. The van der Waals surface area contributed by atoms with Gasteiger partial charge in [-0.15, -0.1) is 0 Å². The Morgan fingerprint density at radius 2 is 2.19 bits per heavy atom. The Kier molecular flexibility index (Phi) is 4.09. The van der Waals surface area contributed by atoms with Gasteiger partial charge in [0.15, 0.2) is 0 Å². The number of methoxy groups -OCH3 is 1. The number of ether oxygens (including phenoxy) is 3. The van der Waals surface area contributed by atoms with Crippen LogP contribution in [0.25, 0.3) is 0 Å². The summed E-state index contributed by atoms with van der Waals surface area (Å²) in [6.45, 7) is 2.52. The van der Waals surface area contributed by atoms with Crippen molar-refractivity contribution in [2.24, 2.45) is 0 Å². The van der Waals surface area contributed by atoms with Gasteiger partial charge in [0.25, 0.3) is 0 Å². The van der Waals surface area contributed by atoms with Crippen molar-refractivity contribution in [2.75, 3.05) is 13.7 Å². The second-order valence-electron chi connectivity index (χ2n) is 6.20. The standard InChI is InChI=1S/C17H24O4/c1-12(18)15-5-4-13(19-2)10-16(15)21-14-6-9-20-17(11-14)7-3-8-17/h4-5,10,12,14,18H,3,6-9,11H2,1-2H3/t12-,14?/m0/s1. The van der Waals surface area contributed by atoms with E-state index < -0.39 is 6.10 Å². The molecule has 0 amide bonds. The molecule has 4 heteroatoms. The summed E-state index contributed by atoms with van der Waals surface area (Å²) in [5.41, 5.74) is 0.872. The van der Waals surface area contributed by atoms with Gasteiger partial charge in [0, 0.05) is 24.5 Å². The second kappa shape index (κ2) is 5.85. The van der Waals surface area contributed by atoms with E-state index in [1.54, 1.807) is 14.0 Å². The zero-order valence-electron chi connectivity index (χ0n) is 12.8. The molecule has 1 saturated carbocycles. The molecule has 1 saturated heterocycles. The van der Waals surface area contributed by atoms with E-state index in [2.05, 4.69) is 0 Å². The molecule has 116 valence electrons. The van der Waals surface area contributed by atoms with Gasteiger partial charge in [0.05, 0.1) is 25.4 Å². The number of rotatable bonds is 4. The summed E-state index contributed by atoms with van der Waals surface area (Å²) >= 11 is 0. The van der Waals surface area contributed by atoms with E-state index >= 15 is 0 Å². The normalized spacial score (nSPS) is 25.2. The Morgan fingerprint density at radius 1 is 1.38 bits per heavy atom. The molecular weight excluding hydrogens is 268 g/mol. The first-order chi connectivity index (χ1) is 10.1. The average Bonchev–Trinajstić information content (AvgIpc) is 2.45. The third kappa shape index (κ3) is 3.01. The van der Waals surface area contributed by atoms with Crippen LogP contribution in [0.15, 0.2) is 18.2 Å². The van der Waals surface area contributed by atoms with Crippen LogP contribution in [-0.4, -0.2) is 30.5 Å². The Morgan fingerprint density at radius 3 is 2.81 bits per heavy atom. The van der Waals surface area contributed by atoms with Crippen LogP contribution in [0.2, 0.25) is 0 Å². The topological polar surface area (TPSA) is 47.9 Å². The fourth-order valence-corrected chi connectivity index (χ4v) is 3.27. The van der Waals surface area contributed by atoms with E-state index in [1.807, 2.05) is 18.2 Å². The van der Waals surface area contributed by atoms with Gasteiger partial charge in [-0.2, -0.15) is 0 Å². The Bertz CT molecular complexity index is 494. The summed E-state index contributed by atoms with van der Waals surface area (Å²) < 4.78 is 17.4. The summed E-state index contributed by atoms with van der Waals surface area (Å²) in [5, 5.41) is 9.91. The molecule has 3 rings (SSSR count). The molecule has 1 aromatic rings. The van der Waals surface area contributed by atoms with Crippen molar-refractivity contribution in [1.82, 2.24) is 0 Å². The van der Waals surface area contributed by atoms with E-state index in [9.17, 15) is 5.11 Å². The molecule has 1 aliphatic carbocycles. The monoisotopic (exact) mass is 292 g/mol. The molecule has 0 bridgehead atoms. The van der Waals surface area contributed by atoms with Crippen LogP contribution in [-0.2, 0) is 4.74 Å². The highest BCUT2D eigenvalue weighted by molar-refractivity contribution is 5.42. The van der Waals surface area contributed by atoms with Crippen molar-refractivity contribution in [1.29, 1.82) is 0 Å². The summed E-state index contributed by atoms with van der Waals surface area (Å²) in [6, 6.07) is 5.59. The van der Waals surface area contributed by atoms with Gasteiger partial charge in [0.2, 0.25) is 0 Å². The van der Waals surface area contributed by atoms with Gasteiger partial charge >= 0.3 is 0 Å². The predicted octanol–water partition coefficient (Wildman–Crippen LogP) is 3.23. The molecule has 2 aliphatic rings. The lowest BCUT2D eigenvalue weighted by atomic mass is 9.74. The summed E-state index contributed by atoms with van der Waals surface area (Å²) in [4.78, 5) is 0. The van der Waals surface area contributed by atoms with Gasteiger partial charge < -0.3 is 19.3 Å². The number of hydrogen-bond acceptors (Lipinski definition) is 4. The largest absolute Gasteiger partial charge is 0.497 e. The highest BCUT2D eigenvalue weighted by atomic mass is 16.5. The SMILES string of the molecule is COc1ccc([C@H](C)O)c(OC2CCOC3(CCC3)C2)c1. The minimum Gasteiger partial charge on any atom is -0.497 e. The minimum absolute atomic E-state index is 0.0623. The van der Waals surface area contributed by atoms with Crippen molar-refractivity contribution >= 4 is 0 Å². The molecular formula is C17H24O4. The summed E-state index contributed by atoms with van der Waals surface area (Å²) in [7, 11) is 1.64. The number of benzene rings is 1. The maximum Gasteiger partial charge on any atom is 0.129 e. The van der Waals surface area contributed by atoms with Gasteiger partial charge in [0.1, 0.15) is 17.6 Å². The zero-order chi connectivity index (χ0) is 14.9. The van der Waals surface area contributed by atoms with Gasteiger partial charge in [-0.25, -0.2) is 0 Å². The van der Waals surface area contributed by atoms with E-state index in [-0.39, 0.29) is 11.7 Å². The van der Waals surface area contributed by atoms with Crippen LogP contribution < -0.4 is 9.47 Å². The van der Waals surface area contributed by atoms with Crippen LogP contribution >= 0.6 is 0 Å². The van der Waals surface area contributed by atoms with Crippen LogP contribution in [0.1, 0.15) is 50.7 Å². The van der Waals surface area contributed by atoms with Crippen molar-refractivity contribution in [3.8, 4) is 11.5 Å². The first kappa shape index (κ1) is 14.7. The highest BCUT2D eigenvalue weighted by Crippen LogP contribution is 2.43. The maximum atomic E-state index is 9.91. The summed E-state index contributed by atoms with van der Waals surface area (Å²) in [6.07, 6.45) is 5.00. The number of aliphatic hydroxyl groups excluding tert-OH is 1. The lowest BCUT2D eigenvalue weighted by Gasteiger charge is -2.47. The zero-order valence-corrected chi connectivity index (χ0v) is 12.8. The molecule has 0 aromatic heterocycles. The molecule has 4 nitrogen and oxygen atoms in total. The first-order valence-electron chi connectivity index (χ1n) is 7.78. The van der Waals surface area contributed by atoms with E-state index in [1.165, 1.54) is 6.42 Å². The van der Waals surface area contributed by atoms with Crippen LogP contribution in [0.3, 0.4) is 0 Å². The number of hydrogen-bond donors (Lipinski definition) is 1. The fourth-order valence-electron chi connectivity index (χ4n) is 3.27.